The second kappa shape index (κ2) is 4.77. The van der Waals surface area contributed by atoms with Crippen LogP contribution in [0.5, 0.6) is 0 Å². The zero-order valence-corrected chi connectivity index (χ0v) is 10.5. The summed E-state index contributed by atoms with van der Waals surface area (Å²) in [6, 6.07) is 2.08. The molecule has 2 atom stereocenters. The zero-order chi connectivity index (χ0) is 9.97. The summed E-state index contributed by atoms with van der Waals surface area (Å²) in [5.41, 5.74) is 0. The van der Waals surface area contributed by atoms with Crippen molar-refractivity contribution in [2.75, 3.05) is 0 Å². The smallest absolute Gasteiger partial charge is 0.0617 e. The lowest BCUT2D eigenvalue weighted by atomic mass is 9.96. The average molecular weight is 275 g/mol. The Morgan fingerprint density at radius 1 is 1.29 bits per heavy atom. The van der Waals surface area contributed by atoms with Crippen LogP contribution in [0.2, 0.25) is 0 Å². The molecule has 3 heteroatoms. The van der Waals surface area contributed by atoms with Crippen LogP contribution in [0.4, 0.5) is 0 Å². The van der Waals surface area contributed by atoms with Gasteiger partial charge in [0.1, 0.15) is 0 Å². The fourth-order valence-corrected chi connectivity index (χ4v) is 4.03. The van der Waals surface area contributed by atoms with Crippen molar-refractivity contribution in [1.29, 1.82) is 0 Å². The minimum absolute atomic E-state index is 0.132. The monoisotopic (exact) mass is 274 g/mol. The van der Waals surface area contributed by atoms with Crippen LogP contribution in [-0.4, -0.2) is 11.2 Å². The van der Waals surface area contributed by atoms with E-state index < -0.39 is 0 Å². The fourth-order valence-electron chi connectivity index (χ4n) is 2.16. The first-order chi connectivity index (χ1) is 6.79. The molecule has 2 rings (SSSR count). The van der Waals surface area contributed by atoms with E-state index in [2.05, 4.69) is 27.4 Å². The maximum Gasteiger partial charge on any atom is 0.0617 e. The normalized spacial score (nSPS) is 28.7. The second-order valence-corrected chi connectivity index (χ2v) is 5.75. The highest BCUT2D eigenvalue weighted by atomic mass is 79.9. The summed E-state index contributed by atoms with van der Waals surface area (Å²) in [7, 11) is 0. The predicted molar refractivity (Wildman–Crippen MR) is 63.9 cm³/mol. The quantitative estimate of drug-likeness (QED) is 0.770. The Hall–Kier alpha value is 0.140. The summed E-state index contributed by atoms with van der Waals surface area (Å²) in [4.78, 5) is 1.33. The Morgan fingerprint density at radius 2 is 2.07 bits per heavy atom. The lowest BCUT2D eigenvalue weighted by Crippen LogP contribution is -2.16. The molecule has 0 spiro atoms. The Balaban J connectivity index is 2.19. The van der Waals surface area contributed by atoms with Crippen molar-refractivity contribution in [3.8, 4) is 0 Å². The van der Waals surface area contributed by atoms with Crippen molar-refractivity contribution < 1.29 is 5.11 Å². The lowest BCUT2D eigenvalue weighted by molar-refractivity contribution is 0.136. The zero-order valence-electron chi connectivity index (χ0n) is 8.08. The summed E-state index contributed by atoms with van der Waals surface area (Å²) < 4.78 is 1.17. The highest BCUT2D eigenvalue weighted by molar-refractivity contribution is 9.10. The van der Waals surface area contributed by atoms with Gasteiger partial charge in [0.25, 0.3) is 0 Å². The van der Waals surface area contributed by atoms with E-state index in [1.807, 2.05) is 0 Å². The molecule has 1 saturated carbocycles. The van der Waals surface area contributed by atoms with Gasteiger partial charge in [0.2, 0.25) is 0 Å². The Bertz CT molecular complexity index is 297. The molecule has 0 aromatic carbocycles. The molecular weight excluding hydrogens is 260 g/mol. The lowest BCUT2D eigenvalue weighted by Gasteiger charge is -2.19. The van der Waals surface area contributed by atoms with Crippen molar-refractivity contribution in [2.45, 2.75) is 44.1 Å². The van der Waals surface area contributed by atoms with Gasteiger partial charge in [-0.25, -0.2) is 0 Å². The Kier molecular flexibility index (Phi) is 3.63. The highest BCUT2D eigenvalue weighted by Crippen LogP contribution is 2.38. The van der Waals surface area contributed by atoms with Crippen LogP contribution in [-0.2, 0) is 0 Å². The average Bonchev–Trinajstić information content (AvgIpc) is 2.46. The van der Waals surface area contributed by atoms with Gasteiger partial charge in [-0.15, -0.1) is 11.3 Å². The number of rotatable bonds is 1. The molecule has 0 radical (unpaired) electrons. The van der Waals surface area contributed by atoms with E-state index in [0.29, 0.717) is 5.92 Å². The first-order valence-corrected chi connectivity index (χ1v) is 6.87. The Labute approximate surface area is 97.3 Å². The van der Waals surface area contributed by atoms with Crippen LogP contribution < -0.4 is 0 Å². The molecular formula is C11H15BrOS. The minimum atomic E-state index is -0.132. The number of aliphatic hydroxyl groups excluding tert-OH is 1. The van der Waals surface area contributed by atoms with Crippen molar-refractivity contribution in [3.05, 3.63) is 20.8 Å². The number of halogens is 1. The fraction of sp³-hybridized carbons (Fsp3) is 0.636. The van der Waals surface area contributed by atoms with Crippen LogP contribution in [0.1, 0.15) is 42.9 Å². The summed E-state index contributed by atoms with van der Waals surface area (Å²) in [6.07, 6.45) is 5.69. The molecule has 2 unspecified atom stereocenters. The van der Waals surface area contributed by atoms with Crippen LogP contribution >= 0.6 is 27.3 Å². The molecule has 14 heavy (non-hydrogen) atoms. The molecule has 1 nitrogen and oxygen atoms in total. The number of thiophene rings is 1. The van der Waals surface area contributed by atoms with Crippen molar-refractivity contribution in [2.24, 2.45) is 0 Å². The van der Waals surface area contributed by atoms with Crippen LogP contribution in [0.3, 0.4) is 0 Å². The van der Waals surface area contributed by atoms with Crippen molar-refractivity contribution in [1.82, 2.24) is 0 Å². The van der Waals surface area contributed by atoms with Crippen molar-refractivity contribution in [3.63, 3.8) is 0 Å². The van der Waals surface area contributed by atoms with Gasteiger partial charge < -0.3 is 5.11 Å². The van der Waals surface area contributed by atoms with Crippen LogP contribution in [0.15, 0.2) is 15.9 Å². The van der Waals surface area contributed by atoms with Gasteiger partial charge in [-0.2, -0.15) is 0 Å². The van der Waals surface area contributed by atoms with E-state index in [4.69, 9.17) is 0 Å². The molecule has 0 saturated heterocycles. The molecule has 1 aromatic heterocycles. The standard InChI is InChI=1S/C11H15BrOS/c12-9-6-7-14-11(9)8-4-2-1-3-5-10(8)13/h6-8,10,13H,1-5H2. The number of hydrogen-bond donors (Lipinski definition) is 1. The number of aliphatic hydroxyl groups is 1. The third-order valence-corrected chi connectivity index (χ3v) is 4.96. The van der Waals surface area contributed by atoms with Gasteiger partial charge in [0.15, 0.2) is 0 Å². The first-order valence-electron chi connectivity index (χ1n) is 5.20. The molecule has 0 aliphatic heterocycles. The first kappa shape index (κ1) is 10.7. The topological polar surface area (TPSA) is 20.2 Å². The third-order valence-electron chi connectivity index (χ3n) is 2.96. The van der Waals surface area contributed by atoms with Gasteiger partial charge in [-0.1, -0.05) is 19.3 Å². The summed E-state index contributed by atoms with van der Waals surface area (Å²) in [5, 5.41) is 12.1. The van der Waals surface area contributed by atoms with E-state index in [-0.39, 0.29) is 6.10 Å². The van der Waals surface area contributed by atoms with Gasteiger partial charge in [-0.05, 0) is 40.2 Å². The minimum Gasteiger partial charge on any atom is -0.392 e. The second-order valence-electron chi connectivity index (χ2n) is 3.94. The van der Waals surface area contributed by atoms with E-state index in [9.17, 15) is 5.11 Å². The highest BCUT2D eigenvalue weighted by Gasteiger charge is 2.25. The maximum absolute atomic E-state index is 10.0. The molecule has 1 aliphatic carbocycles. The summed E-state index contributed by atoms with van der Waals surface area (Å²) in [5.74, 6) is 0.367. The third kappa shape index (κ3) is 2.20. The van der Waals surface area contributed by atoms with Gasteiger partial charge in [0, 0.05) is 15.3 Å². The van der Waals surface area contributed by atoms with Crippen LogP contribution in [0, 0.1) is 0 Å². The predicted octanol–water partition coefficient (Wildman–Crippen LogP) is 3.92. The Morgan fingerprint density at radius 3 is 2.79 bits per heavy atom. The molecule has 78 valence electrons. The number of hydrogen-bond acceptors (Lipinski definition) is 2. The van der Waals surface area contributed by atoms with Crippen molar-refractivity contribution >= 4 is 27.3 Å². The molecule has 1 N–H and O–H groups in total. The molecule has 1 fully saturated rings. The summed E-state index contributed by atoms with van der Waals surface area (Å²) >= 11 is 5.32. The van der Waals surface area contributed by atoms with Gasteiger partial charge in [-0.3, -0.25) is 0 Å². The summed E-state index contributed by atoms with van der Waals surface area (Å²) in [6.45, 7) is 0. The van der Waals surface area contributed by atoms with Gasteiger partial charge in [0.05, 0.1) is 6.10 Å². The van der Waals surface area contributed by atoms with E-state index in [1.165, 1.54) is 28.6 Å². The molecule has 0 bridgehead atoms. The SMILES string of the molecule is OC1CCCCCC1c1sccc1Br. The van der Waals surface area contributed by atoms with Crippen LogP contribution in [0.25, 0.3) is 0 Å². The molecule has 1 aliphatic rings. The largest absolute Gasteiger partial charge is 0.392 e. The van der Waals surface area contributed by atoms with E-state index >= 15 is 0 Å². The molecule has 0 amide bonds. The maximum atomic E-state index is 10.0. The van der Waals surface area contributed by atoms with E-state index in [1.54, 1.807) is 11.3 Å². The van der Waals surface area contributed by atoms with Gasteiger partial charge >= 0.3 is 0 Å². The molecule has 1 aromatic rings. The molecule has 1 heterocycles. The van der Waals surface area contributed by atoms with E-state index in [0.717, 1.165) is 12.8 Å².